The Morgan fingerprint density at radius 3 is 2.59 bits per heavy atom. The molecular weight excluding hydrogens is 428 g/mol. The molecule has 0 bridgehead atoms. The van der Waals surface area contributed by atoms with E-state index in [1.165, 1.54) is 0 Å². The second kappa shape index (κ2) is 9.75. The van der Waals surface area contributed by atoms with E-state index >= 15 is 0 Å². The van der Waals surface area contributed by atoms with Gasteiger partial charge in [0.1, 0.15) is 12.4 Å². The summed E-state index contributed by atoms with van der Waals surface area (Å²) in [5.41, 5.74) is 3.25. The average molecular weight is 451 g/mol. The SMILES string of the molecule is CC1Oc2ccc(NC(=O)OCc3ccccc3)cc2CN(Cc2ccc(Cl)cc2)C1=O. The summed E-state index contributed by atoms with van der Waals surface area (Å²) in [7, 11) is 0. The van der Waals surface area contributed by atoms with Gasteiger partial charge in [-0.3, -0.25) is 10.1 Å². The Morgan fingerprint density at radius 1 is 1.09 bits per heavy atom. The molecule has 1 heterocycles. The first kappa shape index (κ1) is 21.7. The topological polar surface area (TPSA) is 67.9 Å². The summed E-state index contributed by atoms with van der Waals surface area (Å²) in [5, 5.41) is 3.39. The number of nitrogens with one attached hydrogen (secondary N) is 1. The maximum Gasteiger partial charge on any atom is 0.411 e. The smallest absolute Gasteiger partial charge is 0.411 e. The minimum Gasteiger partial charge on any atom is -0.481 e. The van der Waals surface area contributed by atoms with Crippen molar-refractivity contribution in [2.45, 2.75) is 32.7 Å². The number of hydrogen-bond acceptors (Lipinski definition) is 4. The number of benzene rings is 3. The van der Waals surface area contributed by atoms with Crippen molar-refractivity contribution in [3.05, 3.63) is 94.5 Å². The Kier molecular flexibility index (Phi) is 6.61. The fraction of sp³-hybridized carbons (Fsp3) is 0.200. The van der Waals surface area contributed by atoms with E-state index in [1.54, 1.807) is 42.2 Å². The number of anilines is 1. The third-order valence-electron chi connectivity index (χ3n) is 5.13. The molecule has 4 rings (SSSR count). The van der Waals surface area contributed by atoms with Crippen LogP contribution in [0.15, 0.2) is 72.8 Å². The van der Waals surface area contributed by atoms with Crippen molar-refractivity contribution < 1.29 is 19.1 Å². The number of carbonyl (C=O) groups is 2. The fourth-order valence-corrected chi connectivity index (χ4v) is 3.62. The molecule has 1 aliphatic rings. The van der Waals surface area contributed by atoms with Gasteiger partial charge in [0.05, 0.1) is 0 Å². The maximum atomic E-state index is 12.9. The molecule has 1 unspecified atom stereocenters. The first-order valence-corrected chi connectivity index (χ1v) is 10.7. The minimum absolute atomic E-state index is 0.104. The molecule has 0 spiro atoms. The van der Waals surface area contributed by atoms with E-state index in [0.717, 1.165) is 16.7 Å². The van der Waals surface area contributed by atoms with Crippen molar-refractivity contribution in [2.75, 3.05) is 5.32 Å². The number of rotatable bonds is 5. The van der Waals surface area contributed by atoms with Gasteiger partial charge in [-0.05, 0) is 48.4 Å². The van der Waals surface area contributed by atoms with Crippen LogP contribution in [-0.2, 0) is 29.2 Å². The van der Waals surface area contributed by atoms with E-state index in [-0.39, 0.29) is 12.5 Å². The summed E-state index contributed by atoms with van der Waals surface area (Å²) in [5.74, 6) is 0.514. The van der Waals surface area contributed by atoms with Crippen LogP contribution in [0.1, 0.15) is 23.6 Å². The van der Waals surface area contributed by atoms with Gasteiger partial charge >= 0.3 is 6.09 Å². The predicted octanol–water partition coefficient (Wildman–Crippen LogP) is 5.40. The molecule has 0 saturated heterocycles. The van der Waals surface area contributed by atoms with Crippen LogP contribution in [0, 0.1) is 0 Å². The van der Waals surface area contributed by atoms with Gasteiger partial charge in [-0.1, -0.05) is 54.1 Å². The lowest BCUT2D eigenvalue weighted by atomic mass is 10.1. The molecule has 3 aromatic carbocycles. The van der Waals surface area contributed by atoms with Crippen LogP contribution in [0.3, 0.4) is 0 Å². The molecule has 3 aromatic rings. The Hall–Kier alpha value is -3.51. The molecule has 164 valence electrons. The van der Waals surface area contributed by atoms with Crippen LogP contribution < -0.4 is 10.1 Å². The van der Waals surface area contributed by atoms with Gasteiger partial charge in [-0.25, -0.2) is 4.79 Å². The number of nitrogens with zero attached hydrogens (tertiary/aromatic N) is 1. The second-order valence-electron chi connectivity index (χ2n) is 7.59. The van der Waals surface area contributed by atoms with E-state index in [9.17, 15) is 9.59 Å². The number of ether oxygens (including phenoxy) is 2. The van der Waals surface area contributed by atoms with Crippen LogP contribution in [0.2, 0.25) is 5.02 Å². The van der Waals surface area contributed by atoms with Gasteiger partial charge in [0.15, 0.2) is 6.10 Å². The van der Waals surface area contributed by atoms with E-state index < -0.39 is 12.2 Å². The average Bonchev–Trinajstić information content (AvgIpc) is 2.91. The molecule has 1 N–H and O–H groups in total. The Bertz CT molecular complexity index is 1100. The van der Waals surface area contributed by atoms with Crippen molar-refractivity contribution in [2.24, 2.45) is 0 Å². The molecule has 1 atom stereocenters. The molecule has 0 aromatic heterocycles. The zero-order valence-corrected chi connectivity index (χ0v) is 18.3. The largest absolute Gasteiger partial charge is 0.481 e. The van der Waals surface area contributed by atoms with Crippen molar-refractivity contribution in [1.82, 2.24) is 4.90 Å². The molecule has 32 heavy (non-hydrogen) atoms. The lowest BCUT2D eigenvalue weighted by Crippen LogP contribution is -2.37. The van der Waals surface area contributed by atoms with Gasteiger partial charge < -0.3 is 14.4 Å². The first-order chi connectivity index (χ1) is 15.5. The van der Waals surface area contributed by atoms with E-state index in [4.69, 9.17) is 21.1 Å². The standard InChI is InChI=1S/C25H23ClN2O4/c1-17-24(29)28(14-18-7-9-21(26)10-8-18)15-20-13-22(11-12-23(20)32-17)27-25(30)31-16-19-5-3-2-4-6-19/h2-13,17H,14-16H2,1H3,(H,27,30). The highest BCUT2D eigenvalue weighted by Gasteiger charge is 2.28. The summed E-state index contributed by atoms with van der Waals surface area (Å²) in [4.78, 5) is 26.8. The van der Waals surface area contributed by atoms with Crippen molar-refractivity contribution in [1.29, 1.82) is 0 Å². The molecule has 7 heteroatoms. The summed E-state index contributed by atoms with van der Waals surface area (Å²) < 4.78 is 11.2. The van der Waals surface area contributed by atoms with Crippen LogP contribution in [0.5, 0.6) is 5.75 Å². The van der Waals surface area contributed by atoms with E-state index in [2.05, 4.69) is 5.32 Å². The quantitative estimate of drug-likeness (QED) is 0.565. The highest BCUT2D eigenvalue weighted by molar-refractivity contribution is 6.30. The fourth-order valence-electron chi connectivity index (χ4n) is 3.50. The molecule has 0 saturated carbocycles. The molecule has 0 fully saturated rings. The van der Waals surface area contributed by atoms with E-state index in [1.807, 2.05) is 42.5 Å². The molecule has 1 aliphatic heterocycles. The zero-order chi connectivity index (χ0) is 22.5. The molecule has 2 amide bonds. The van der Waals surface area contributed by atoms with Crippen molar-refractivity contribution in [3.63, 3.8) is 0 Å². The molecule has 0 aliphatic carbocycles. The number of hydrogen-bond donors (Lipinski definition) is 1. The van der Waals surface area contributed by atoms with Gasteiger partial charge in [0, 0.05) is 29.4 Å². The normalized spacial score (nSPS) is 15.4. The number of amides is 2. The summed E-state index contributed by atoms with van der Waals surface area (Å²) in [6.45, 7) is 2.71. The van der Waals surface area contributed by atoms with Crippen molar-refractivity contribution in [3.8, 4) is 5.75 Å². The van der Waals surface area contributed by atoms with Gasteiger partial charge in [-0.2, -0.15) is 0 Å². The Morgan fingerprint density at radius 2 is 1.84 bits per heavy atom. The highest BCUT2D eigenvalue weighted by atomic mass is 35.5. The molecular formula is C25H23ClN2O4. The van der Waals surface area contributed by atoms with Gasteiger partial charge in [-0.15, -0.1) is 0 Å². The van der Waals surface area contributed by atoms with E-state index in [0.29, 0.717) is 29.5 Å². The number of fused-ring (bicyclic) bond motifs is 1. The zero-order valence-electron chi connectivity index (χ0n) is 17.6. The van der Waals surface area contributed by atoms with Crippen LogP contribution in [-0.4, -0.2) is 23.0 Å². The lowest BCUT2D eigenvalue weighted by Gasteiger charge is -2.22. The highest BCUT2D eigenvalue weighted by Crippen LogP contribution is 2.29. The maximum absolute atomic E-state index is 12.9. The summed E-state index contributed by atoms with van der Waals surface area (Å²) >= 11 is 5.97. The third-order valence-corrected chi connectivity index (χ3v) is 5.38. The number of carbonyl (C=O) groups excluding carboxylic acids is 2. The summed E-state index contributed by atoms with van der Waals surface area (Å²) in [6.07, 6.45) is -1.16. The van der Waals surface area contributed by atoms with Crippen molar-refractivity contribution >= 4 is 29.3 Å². The Balaban J connectivity index is 1.46. The van der Waals surface area contributed by atoms with Crippen LogP contribution in [0.25, 0.3) is 0 Å². The molecule has 0 radical (unpaired) electrons. The third kappa shape index (κ3) is 5.39. The first-order valence-electron chi connectivity index (χ1n) is 10.3. The number of halogens is 1. The van der Waals surface area contributed by atoms with Gasteiger partial charge in [0.2, 0.25) is 0 Å². The Labute approximate surface area is 191 Å². The van der Waals surface area contributed by atoms with Gasteiger partial charge in [0.25, 0.3) is 5.91 Å². The van der Waals surface area contributed by atoms with Crippen LogP contribution >= 0.6 is 11.6 Å². The van der Waals surface area contributed by atoms with Crippen LogP contribution in [0.4, 0.5) is 10.5 Å². The lowest BCUT2D eigenvalue weighted by molar-refractivity contribution is -0.138. The summed E-state index contributed by atoms with van der Waals surface area (Å²) in [6, 6.07) is 22.2. The second-order valence-corrected chi connectivity index (χ2v) is 8.03. The minimum atomic E-state index is -0.613. The monoisotopic (exact) mass is 450 g/mol. The molecule has 6 nitrogen and oxygen atoms in total. The predicted molar refractivity (Wildman–Crippen MR) is 122 cm³/mol.